The Bertz CT molecular complexity index is 353. The van der Waals surface area contributed by atoms with Crippen molar-refractivity contribution < 1.29 is 9.16 Å². The first kappa shape index (κ1) is 11.9. The number of hydrogen-bond donors (Lipinski definition) is 0. The number of allylic oxidation sites excluding steroid dienone is 2. The van der Waals surface area contributed by atoms with Crippen molar-refractivity contribution in [2.75, 3.05) is 0 Å². The molecule has 1 fully saturated rings. The molecule has 0 aromatic rings. The van der Waals surface area contributed by atoms with Gasteiger partial charge in [-0.05, 0) is 46.0 Å². The van der Waals surface area contributed by atoms with Crippen molar-refractivity contribution >= 4 is 8.32 Å². The quantitative estimate of drug-likeness (QED) is 0.426. The Morgan fingerprint density at radius 1 is 1.56 bits per heavy atom. The predicted molar refractivity (Wildman–Crippen MR) is 68.7 cm³/mol. The van der Waals surface area contributed by atoms with E-state index in [4.69, 9.17) is 9.16 Å². The van der Waals surface area contributed by atoms with Crippen LogP contribution in [0.4, 0.5) is 0 Å². The third kappa shape index (κ3) is 2.11. The lowest BCUT2D eigenvalue weighted by Gasteiger charge is -2.28. The number of ether oxygens (including phenoxy) is 1. The second-order valence-corrected chi connectivity index (χ2v) is 10.6. The van der Waals surface area contributed by atoms with Crippen LogP contribution in [0.15, 0.2) is 24.0 Å². The molecule has 0 amide bonds. The molecule has 0 spiro atoms. The lowest BCUT2D eigenvalue weighted by Crippen LogP contribution is -2.32. The molecule has 3 atom stereocenters. The zero-order chi connectivity index (χ0) is 12.1. The molecule has 0 aromatic heterocycles. The Morgan fingerprint density at radius 2 is 2.19 bits per heavy atom. The van der Waals surface area contributed by atoms with E-state index < -0.39 is 8.32 Å². The van der Waals surface area contributed by atoms with E-state index >= 15 is 0 Å². The Hall–Kier alpha value is -0.543. The molecule has 2 rings (SSSR count). The van der Waals surface area contributed by atoms with Crippen molar-refractivity contribution in [1.29, 1.82) is 0 Å². The Balaban J connectivity index is 2.22. The summed E-state index contributed by atoms with van der Waals surface area (Å²) in [5.74, 6) is 1.47. The normalized spacial score (nSPS) is 37.4. The summed E-state index contributed by atoms with van der Waals surface area (Å²) >= 11 is 0. The zero-order valence-electron chi connectivity index (χ0n) is 11.0. The molecule has 1 aliphatic carbocycles. The van der Waals surface area contributed by atoms with Gasteiger partial charge in [0.1, 0.15) is 11.4 Å². The molecule has 3 heteroatoms. The Kier molecular flexibility index (Phi) is 2.59. The molecule has 0 unspecified atom stereocenters. The fourth-order valence-corrected chi connectivity index (χ4v) is 3.14. The number of hydrogen-bond acceptors (Lipinski definition) is 2. The van der Waals surface area contributed by atoms with Crippen molar-refractivity contribution in [3.63, 3.8) is 0 Å². The molecule has 1 heterocycles. The van der Waals surface area contributed by atoms with Crippen LogP contribution in [-0.2, 0) is 9.16 Å². The van der Waals surface area contributed by atoms with Gasteiger partial charge in [0.25, 0.3) is 0 Å². The first-order valence-corrected chi connectivity index (χ1v) is 9.38. The fraction of sp³-hybridized carbons (Fsp3) is 0.692. The van der Waals surface area contributed by atoms with Crippen LogP contribution in [0.5, 0.6) is 0 Å². The van der Waals surface area contributed by atoms with E-state index in [2.05, 4.69) is 46.1 Å². The van der Waals surface area contributed by atoms with Gasteiger partial charge in [-0.25, -0.2) is 0 Å². The maximum atomic E-state index is 6.15. The van der Waals surface area contributed by atoms with Gasteiger partial charge in [0.05, 0.1) is 6.10 Å². The summed E-state index contributed by atoms with van der Waals surface area (Å²) in [6, 6.07) is 0. The van der Waals surface area contributed by atoms with Crippen LogP contribution < -0.4 is 0 Å². The lowest BCUT2D eigenvalue weighted by atomic mass is 9.85. The fourth-order valence-electron chi connectivity index (χ4n) is 2.21. The molecular formula is C13H22O2Si. The van der Waals surface area contributed by atoms with Gasteiger partial charge in [-0.15, -0.1) is 0 Å². The number of rotatable bonds is 3. The highest BCUT2D eigenvalue weighted by atomic mass is 28.4. The van der Waals surface area contributed by atoms with Gasteiger partial charge in [-0.2, -0.15) is 0 Å². The lowest BCUT2D eigenvalue weighted by molar-refractivity contribution is 0.268. The van der Waals surface area contributed by atoms with Gasteiger partial charge in [-0.1, -0.05) is 12.2 Å². The molecular weight excluding hydrogens is 216 g/mol. The summed E-state index contributed by atoms with van der Waals surface area (Å²) in [6.07, 6.45) is 3.62. The standard InChI is InChI=1S/C13H22O2Si/c1-9(2)10-7-11-13(3,14-11)12(8-10)15-16(4,5)6/h8,10-11H,1,7H2,2-6H3/t10-,11+,13+/m1/s1. The van der Waals surface area contributed by atoms with E-state index in [1.807, 2.05) is 0 Å². The topological polar surface area (TPSA) is 21.8 Å². The Morgan fingerprint density at radius 3 is 2.69 bits per heavy atom. The summed E-state index contributed by atoms with van der Waals surface area (Å²) in [4.78, 5) is 0. The first-order valence-electron chi connectivity index (χ1n) is 5.97. The summed E-state index contributed by atoms with van der Waals surface area (Å²) < 4.78 is 11.9. The van der Waals surface area contributed by atoms with Crippen molar-refractivity contribution in [3.8, 4) is 0 Å². The van der Waals surface area contributed by atoms with E-state index in [1.165, 1.54) is 5.57 Å². The summed E-state index contributed by atoms with van der Waals surface area (Å²) in [6.45, 7) is 14.9. The van der Waals surface area contributed by atoms with Crippen molar-refractivity contribution in [1.82, 2.24) is 0 Å². The van der Waals surface area contributed by atoms with Gasteiger partial charge in [0.2, 0.25) is 8.32 Å². The molecule has 0 aromatic carbocycles. The number of fused-ring (bicyclic) bond motifs is 1. The highest BCUT2D eigenvalue weighted by molar-refractivity contribution is 6.70. The maximum Gasteiger partial charge on any atom is 0.241 e. The summed E-state index contributed by atoms with van der Waals surface area (Å²) in [7, 11) is -1.55. The average molecular weight is 238 g/mol. The molecule has 16 heavy (non-hydrogen) atoms. The van der Waals surface area contributed by atoms with Crippen molar-refractivity contribution in [2.24, 2.45) is 5.92 Å². The third-order valence-corrected chi connectivity index (χ3v) is 4.14. The third-order valence-electron chi connectivity index (χ3n) is 3.30. The van der Waals surface area contributed by atoms with E-state index in [1.54, 1.807) is 0 Å². The van der Waals surface area contributed by atoms with Gasteiger partial charge < -0.3 is 9.16 Å². The molecule has 2 aliphatic rings. The molecule has 90 valence electrons. The van der Waals surface area contributed by atoms with Crippen LogP contribution in [0.3, 0.4) is 0 Å². The largest absolute Gasteiger partial charge is 0.545 e. The minimum atomic E-state index is -1.55. The van der Waals surface area contributed by atoms with Crippen LogP contribution in [0.25, 0.3) is 0 Å². The van der Waals surface area contributed by atoms with Gasteiger partial charge in [-0.3, -0.25) is 0 Å². The maximum absolute atomic E-state index is 6.15. The van der Waals surface area contributed by atoms with Crippen LogP contribution in [0.2, 0.25) is 19.6 Å². The second-order valence-electron chi connectivity index (χ2n) is 6.15. The van der Waals surface area contributed by atoms with Crippen LogP contribution in [0.1, 0.15) is 20.3 Å². The molecule has 0 bridgehead atoms. The highest BCUT2D eigenvalue weighted by Crippen LogP contribution is 2.51. The first-order chi connectivity index (χ1) is 7.22. The molecule has 1 aliphatic heterocycles. The van der Waals surface area contributed by atoms with E-state index in [0.717, 1.165) is 12.2 Å². The molecule has 0 saturated carbocycles. The SMILES string of the molecule is C=C(C)[C@H]1C=C(O[Si](C)(C)C)[C@@]2(C)O[C@H]2C1. The van der Waals surface area contributed by atoms with Gasteiger partial charge in [0.15, 0.2) is 0 Å². The molecule has 0 N–H and O–H groups in total. The zero-order valence-corrected chi connectivity index (χ0v) is 12.0. The van der Waals surface area contributed by atoms with Crippen molar-refractivity contribution in [3.05, 3.63) is 24.0 Å². The van der Waals surface area contributed by atoms with E-state index in [0.29, 0.717) is 12.0 Å². The van der Waals surface area contributed by atoms with Crippen LogP contribution in [0, 0.1) is 5.92 Å². The summed E-state index contributed by atoms with van der Waals surface area (Å²) in [5, 5.41) is 0. The summed E-state index contributed by atoms with van der Waals surface area (Å²) in [5.41, 5.74) is 1.07. The van der Waals surface area contributed by atoms with Gasteiger partial charge >= 0.3 is 0 Å². The van der Waals surface area contributed by atoms with Crippen molar-refractivity contribution in [2.45, 2.75) is 51.6 Å². The van der Waals surface area contributed by atoms with Crippen LogP contribution >= 0.6 is 0 Å². The average Bonchev–Trinajstić information content (AvgIpc) is 2.74. The van der Waals surface area contributed by atoms with Gasteiger partial charge in [0, 0.05) is 5.92 Å². The highest BCUT2D eigenvalue weighted by Gasteiger charge is 2.59. The second kappa shape index (κ2) is 3.47. The number of epoxide rings is 1. The molecule has 0 radical (unpaired) electrons. The smallest absolute Gasteiger partial charge is 0.241 e. The van der Waals surface area contributed by atoms with E-state index in [-0.39, 0.29) is 5.60 Å². The minimum absolute atomic E-state index is 0.133. The molecule has 1 saturated heterocycles. The van der Waals surface area contributed by atoms with E-state index in [9.17, 15) is 0 Å². The van der Waals surface area contributed by atoms with Crippen LogP contribution in [-0.4, -0.2) is 20.0 Å². The monoisotopic (exact) mass is 238 g/mol. The molecule has 2 nitrogen and oxygen atoms in total. The Labute approximate surface area is 99.5 Å². The minimum Gasteiger partial charge on any atom is -0.545 e. The predicted octanol–water partition coefficient (Wildman–Crippen LogP) is 3.48.